The molecule has 1 aromatic rings. The first-order valence-electron chi connectivity index (χ1n) is 3.74. The van der Waals surface area contributed by atoms with E-state index in [4.69, 9.17) is 4.74 Å². The molecule has 1 heteroatoms. The van der Waals surface area contributed by atoms with Crippen molar-refractivity contribution in [3.63, 3.8) is 0 Å². The van der Waals surface area contributed by atoms with Gasteiger partial charge >= 0.3 is 0 Å². The van der Waals surface area contributed by atoms with Gasteiger partial charge in [-0.3, -0.25) is 0 Å². The maximum absolute atomic E-state index is 5.05. The highest BCUT2D eigenvalue weighted by atomic mass is 16.5. The molecule has 1 radical (unpaired) electrons. The van der Waals surface area contributed by atoms with Gasteiger partial charge in [0.25, 0.3) is 0 Å². The molecule has 0 atom stereocenters. The molecule has 0 heterocycles. The number of hydrogen-bond donors (Lipinski definition) is 0. The molecule has 0 saturated carbocycles. The zero-order chi connectivity index (χ0) is 8.10. The van der Waals surface area contributed by atoms with Crippen LogP contribution in [0.5, 0.6) is 0 Å². The van der Waals surface area contributed by atoms with Gasteiger partial charge in [0.15, 0.2) is 0 Å². The van der Waals surface area contributed by atoms with Crippen LogP contribution in [0.25, 0.3) is 0 Å². The topological polar surface area (TPSA) is 9.23 Å². The summed E-state index contributed by atoms with van der Waals surface area (Å²) in [6.45, 7) is 2.73. The maximum Gasteiger partial charge on any atom is 0.0715 e. The molecule has 0 saturated heterocycles. The van der Waals surface area contributed by atoms with Gasteiger partial charge in [-0.15, -0.1) is 0 Å². The third kappa shape index (κ3) is 2.05. The third-order valence-electron chi connectivity index (χ3n) is 1.67. The van der Waals surface area contributed by atoms with Crippen LogP contribution in [0.15, 0.2) is 24.3 Å². The monoisotopic (exact) mass is 149 g/mol. The van der Waals surface area contributed by atoms with Crippen LogP contribution in [0, 0.1) is 6.42 Å². The minimum Gasteiger partial charge on any atom is -0.380 e. The molecule has 0 unspecified atom stereocenters. The fourth-order valence-corrected chi connectivity index (χ4v) is 1.10. The van der Waals surface area contributed by atoms with Gasteiger partial charge in [0.05, 0.1) is 6.61 Å². The Balaban J connectivity index is 2.83. The molecule has 11 heavy (non-hydrogen) atoms. The summed E-state index contributed by atoms with van der Waals surface area (Å²) in [4.78, 5) is 0. The summed E-state index contributed by atoms with van der Waals surface area (Å²) >= 11 is 0. The van der Waals surface area contributed by atoms with Crippen LogP contribution in [-0.4, -0.2) is 7.11 Å². The van der Waals surface area contributed by atoms with E-state index in [2.05, 4.69) is 18.6 Å². The van der Waals surface area contributed by atoms with E-state index in [1.54, 1.807) is 7.11 Å². The quantitative estimate of drug-likeness (QED) is 0.641. The molecule has 0 fully saturated rings. The summed E-state index contributed by atoms with van der Waals surface area (Å²) in [6.07, 6.45) is 2.09. The van der Waals surface area contributed by atoms with E-state index in [-0.39, 0.29) is 0 Å². The van der Waals surface area contributed by atoms with Gasteiger partial charge in [-0.25, -0.2) is 0 Å². The molecule has 0 aliphatic carbocycles. The standard InChI is InChI=1S/C10H13O/c1-3-9-6-4-5-7-10(9)8-11-2/h3-7H,8H2,1-2H3. The summed E-state index contributed by atoms with van der Waals surface area (Å²) in [6, 6.07) is 8.24. The normalized spacial score (nSPS) is 10.0. The van der Waals surface area contributed by atoms with E-state index >= 15 is 0 Å². The van der Waals surface area contributed by atoms with E-state index in [1.807, 2.05) is 19.1 Å². The second-order valence-electron chi connectivity index (χ2n) is 2.42. The molecule has 1 rings (SSSR count). The zero-order valence-electron chi connectivity index (χ0n) is 7.00. The van der Waals surface area contributed by atoms with Gasteiger partial charge in [0, 0.05) is 7.11 Å². The molecule has 0 aliphatic heterocycles. The average Bonchev–Trinajstić information content (AvgIpc) is 2.06. The Morgan fingerprint density at radius 3 is 2.73 bits per heavy atom. The first-order chi connectivity index (χ1) is 5.38. The second kappa shape index (κ2) is 4.14. The Kier molecular flexibility index (Phi) is 3.12. The number of hydrogen-bond acceptors (Lipinski definition) is 1. The van der Waals surface area contributed by atoms with Crippen LogP contribution >= 0.6 is 0 Å². The summed E-state index contributed by atoms with van der Waals surface area (Å²) in [7, 11) is 1.71. The van der Waals surface area contributed by atoms with Crippen LogP contribution in [0.2, 0.25) is 0 Å². The minimum absolute atomic E-state index is 0.695. The number of methoxy groups -OCH3 is 1. The van der Waals surface area contributed by atoms with Crippen molar-refractivity contribution < 1.29 is 4.74 Å². The van der Waals surface area contributed by atoms with Gasteiger partial charge in [0.2, 0.25) is 0 Å². The van der Waals surface area contributed by atoms with Crippen molar-refractivity contribution in [1.29, 1.82) is 0 Å². The Labute approximate surface area is 68.0 Å². The van der Waals surface area contributed by atoms with E-state index in [0.717, 1.165) is 0 Å². The van der Waals surface area contributed by atoms with Crippen molar-refractivity contribution in [2.24, 2.45) is 0 Å². The Bertz CT molecular complexity index is 218. The SMILES string of the molecule is C[CH]c1ccccc1COC. The van der Waals surface area contributed by atoms with Gasteiger partial charge in [0.1, 0.15) is 0 Å². The zero-order valence-corrected chi connectivity index (χ0v) is 7.00. The van der Waals surface area contributed by atoms with Crippen molar-refractivity contribution >= 4 is 0 Å². The summed E-state index contributed by atoms with van der Waals surface area (Å²) in [5.41, 5.74) is 2.51. The first-order valence-corrected chi connectivity index (χ1v) is 3.74. The molecule has 0 aliphatic rings. The molecule has 1 nitrogen and oxygen atoms in total. The summed E-state index contributed by atoms with van der Waals surface area (Å²) in [5, 5.41) is 0. The number of benzene rings is 1. The fraction of sp³-hybridized carbons (Fsp3) is 0.300. The molecule has 0 amide bonds. The molecular formula is C10H13O. The summed E-state index contributed by atoms with van der Waals surface area (Å²) < 4.78 is 5.05. The lowest BCUT2D eigenvalue weighted by molar-refractivity contribution is 0.184. The van der Waals surface area contributed by atoms with Gasteiger partial charge in [-0.1, -0.05) is 31.2 Å². The molecule has 0 bridgehead atoms. The molecule has 0 spiro atoms. The van der Waals surface area contributed by atoms with E-state index < -0.39 is 0 Å². The second-order valence-corrected chi connectivity index (χ2v) is 2.42. The van der Waals surface area contributed by atoms with Crippen molar-refractivity contribution in [3.8, 4) is 0 Å². The Morgan fingerprint density at radius 1 is 1.36 bits per heavy atom. The Morgan fingerprint density at radius 2 is 2.09 bits per heavy atom. The van der Waals surface area contributed by atoms with Crippen molar-refractivity contribution in [3.05, 3.63) is 41.8 Å². The highest BCUT2D eigenvalue weighted by Crippen LogP contribution is 2.10. The number of ether oxygens (including phenoxy) is 1. The van der Waals surface area contributed by atoms with Crippen LogP contribution in [0.4, 0.5) is 0 Å². The smallest absolute Gasteiger partial charge is 0.0715 e. The van der Waals surface area contributed by atoms with Gasteiger partial charge in [-0.05, 0) is 17.5 Å². The van der Waals surface area contributed by atoms with Crippen LogP contribution in [0.3, 0.4) is 0 Å². The van der Waals surface area contributed by atoms with Crippen LogP contribution < -0.4 is 0 Å². The maximum atomic E-state index is 5.05. The molecular weight excluding hydrogens is 136 g/mol. The predicted molar refractivity (Wildman–Crippen MR) is 46.2 cm³/mol. The number of rotatable bonds is 3. The van der Waals surface area contributed by atoms with Crippen molar-refractivity contribution in [2.75, 3.05) is 7.11 Å². The van der Waals surface area contributed by atoms with Crippen molar-refractivity contribution in [1.82, 2.24) is 0 Å². The van der Waals surface area contributed by atoms with Crippen LogP contribution in [0.1, 0.15) is 18.1 Å². The van der Waals surface area contributed by atoms with Gasteiger partial charge < -0.3 is 4.74 Å². The molecule has 59 valence electrons. The van der Waals surface area contributed by atoms with E-state index in [9.17, 15) is 0 Å². The summed E-state index contributed by atoms with van der Waals surface area (Å²) in [5.74, 6) is 0. The lowest BCUT2D eigenvalue weighted by Crippen LogP contribution is -1.92. The van der Waals surface area contributed by atoms with E-state index in [0.29, 0.717) is 6.61 Å². The predicted octanol–water partition coefficient (Wildman–Crippen LogP) is 2.41. The molecule has 0 aromatic heterocycles. The van der Waals surface area contributed by atoms with E-state index in [1.165, 1.54) is 11.1 Å². The lowest BCUT2D eigenvalue weighted by atomic mass is 10.1. The minimum atomic E-state index is 0.695. The molecule has 1 aromatic carbocycles. The largest absolute Gasteiger partial charge is 0.380 e. The van der Waals surface area contributed by atoms with Crippen LogP contribution in [-0.2, 0) is 11.3 Å². The van der Waals surface area contributed by atoms with Crippen molar-refractivity contribution in [2.45, 2.75) is 13.5 Å². The molecule has 0 N–H and O–H groups in total. The Hall–Kier alpha value is -0.820. The first kappa shape index (κ1) is 8.28. The fourth-order valence-electron chi connectivity index (χ4n) is 1.10. The highest BCUT2D eigenvalue weighted by molar-refractivity contribution is 5.31. The lowest BCUT2D eigenvalue weighted by Gasteiger charge is -2.04. The highest BCUT2D eigenvalue weighted by Gasteiger charge is 1.96. The third-order valence-corrected chi connectivity index (χ3v) is 1.67. The van der Waals surface area contributed by atoms with Gasteiger partial charge in [-0.2, -0.15) is 0 Å². The average molecular weight is 149 g/mol.